The van der Waals surface area contributed by atoms with Gasteiger partial charge in [-0.2, -0.15) is 0 Å². The fraction of sp³-hybridized carbons (Fsp3) is 0.333. The standard InChI is InChI=1S/C15H18N4O/c1-12(9-14-11-17-7-8-18-14)19-15(20)5-4-13-3-2-6-16-10-13/h2-3,6-8,10-12H,4-5,9H2,1H3,(H,19,20)/t12-/m0/s1. The summed E-state index contributed by atoms with van der Waals surface area (Å²) in [7, 11) is 0. The van der Waals surface area contributed by atoms with Crippen molar-refractivity contribution in [3.63, 3.8) is 0 Å². The van der Waals surface area contributed by atoms with Crippen molar-refractivity contribution < 1.29 is 4.79 Å². The van der Waals surface area contributed by atoms with E-state index in [2.05, 4.69) is 20.3 Å². The van der Waals surface area contributed by atoms with E-state index < -0.39 is 0 Å². The van der Waals surface area contributed by atoms with Crippen molar-refractivity contribution in [1.29, 1.82) is 0 Å². The van der Waals surface area contributed by atoms with Crippen LogP contribution in [0.5, 0.6) is 0 Å². The molecular weight excluding hydrogens is 252 g/mol. The fourth-order valence-electron chi connectivity index (χ4n) is 1.95. The largest absolute Gasteiger partial charge is 0.353 e. The highest BCUT2D eigenvalue weighted by Gasteiger charge is 2.09. The molecule has 0 aliphatic rings. The third kappa shape index (κ3) is 4.76. The molecule has 5 nitrogen and oxygen atoms in total. The SMILES string of the molecule is C[C@@H](Cc1cnccn1)NC(=O)CCc1cccnc1. The number of carbonyl (C=O) groups excluding carboxylic acids is 1. The molecule has 0 spiro atoms. The lowest BCUT2D eigenvalue weighted by Gasteiger charge is -2.13. The lowest BCUT2D eigenvalue weighted by atomic mass is 10.1. The van der Waals surface area contributed by atoms with Crippen LogP contribution in [0.25, 0.3) is 0 Å². The molecular formula is C15H18N4O. The highest BCUT2D eigenvalue weighted by Crippen LogP contribution is 2.02. The monoisotopic (exact) mass is 270 g/mol. The minimum absolute atomic E-state index is 0.0465. The lowest BCUT2D eigenvalue weighted by molar-refractivity contribution is -0.121. The first-order valence-corrected chi connectivity index (χ1v) is 6.67. The number of hydrogen-bond acceptors (Lipinski definition) is 4. The first-order valence-electron chi connectivity index (χ1n) is 6.67. The Morgan fingerprint density at radius 2 is 2.10 bits per heavy atom. The predicted octanol–water partition coefficient (Wildman–Crippen LogP) is 1.55. The van der Waals surface area contributed by atoms with Crippen LogP contribution < -0.4 is 5.32 Å². The zero-order valence-electron chi connectivity index (χ0n) is 11.5. The summed E-state index contributed by atoms with van der Waals surface area (Å²) in [5.41, 5.74) is 1.96. The molecule has 2 aromatic rings. The van der Waals surface area contributed by atoms with Crippen LogP contribution in [0.2, 0.25) is 0 Å². The van der Waals surface area contributed by atoms with Gasteiger partial charge < -0.3 is 5.32 Å². The predicted molar refractivity (Wildman–Crippen MR) is 75.9 cm³/mol. The second kappa shape index (κ2) is 7.33. The van der Waals surface area contributed by atoms with Crippen molar-refractivity contribution in [3.8, 4) is 0 Å². The van der Waals surface area contributed by atoms with Gasteiger partial charge in [0, 0.05) is 49.9 Å². The molecule has 0 saturated carbocycles. The van der Waals surface area contributed by atoms with E-state index in [1.165, 1.54) is 0 Å². The second-order valence-electron chi connectivity index (χ2n) is 4.73. The Kier molecular flexibility index (Phi) is 5.17. The summed E-state index contributed by atoms with van der Waals surface area (Å²) in [5, 5.41) is 2.97. The van der Waals surface area contributed by atoms with Crippen LogP contribution in [0.3, 0.4) is 0 Å². The summed E-state index contributed by atoms with van der Waals surface area (Å²) in [4.78, 5) is 24.1. The van der Waals surface area contributed by atoms with Gasteiger partial charge in [0.2, 0.25) is 5.91 Å². The van der Waals surface area contributed by atoms with E-state index in [1.807, 2.05) is 19.1 Å². The Morgan fingerprint density at radius 1 is 1.25 bits per heavy atom. The van der Waals surface area contributed by atoms with Crippen molar-refractivity contribution in [3.05, 3.63) is 54.4 Å². The zero-order valence-corrected chi connectivity index (χ0v) is 11.5. The van der Waals surface area contributed by atoms with Crippen LogP contribution >= 0.6 is 0 Å². The molecule has 1 amide bonds. The average molecular weight is 270 g/mol. The fourth-order valence-corrected chi connectivity index (χ4v) is 1.95. The number of aromatic nitrogens is 3. The molecule has 0 saturated heterocycles. The van der Waals surface area contributed by atoms with Crippen molar-refractivity contribution in [1.82, 2.24) is 20.3 Å². The Bertz CT molecular complexity index is 530. The van der Waals surface area contributed by atoms with Gasteiger partial charge in [-0.05, 0) is 25.0 Å². The molecule has 2 heterocycles. The normalized spacial score (nSPS) is 11.8. The Morgan fingerprint density at radius 3 is 2.80 bits per heavy atom. The minimum atomic E-state index is 0.0465. The van der Waals surface area contributed by atoms with Gasteiger partial charge in [-0.1, -0.05) is 6.07 Å². The van der Waals surface area contributed by atoms with Crippen molar-refractivity contribution in [2.45, 2.75) is 32.2 Å². The van der Waals surface area contributed by atoms with E-state index in [-0.39, 0.29) is 11.9 Å². The number of nitrogens with zero attached hydrogens (tertiary/aromatic N) is 3. The topological polar surface area (TPSA) is 67.8 Å². The van der Waals surface area contributed by atoms with Gasteiger partial charge in [0.1, 0.15) is 0 Å². The summed E-state index contributed by atoms with van der Waals surface area (Å²) in [6, 6.07) is 3.90. The molecule has 2 rings (SSSR count). The number of nitrogens with one attached hydrogen (secondary N) is 1. The van der Waals surface area contributed by atoms with E-state index in [0.29, 0.717) is 19.3 Å². The molecule has 20 heavy (non-hydrogen) atoms. The van der Waals surface area contributed by atoms with Crippen LogP contribution in [0.15, 0.2) is 43.1 Å². The number of rotatable bonds is 6. The first kappa shape index (κ1) is 14.1. The average Bonchev–Trinajstić information content (AvgIpc) is 2.47. The van der Waals surface area contributed by atoms with Crippen LogP contribution in [0.1, 0.15) is 24.6 Å². The molecule has 1 N–H and O–H groups in total. The number of aryl methyl sites for hydroxylation is 1. The van der Waals surface area contributed by atoms with E-state index in [0.717, 1.165) is 11.3 Å². The Labute approximate surface area is 118 Å². The summed E-state index contributed by atoms with van der Waals surface area (Å²) in [5.74, 6) is 0.0465. The summed E-state index contributed by atoms with van der Waals surface area (Å²) >= 11 is 0. The Hall–Kier alpha value is -2.30. The highest BCUT2D eigenvalue weighted by atomic mass is 16.1. The summed E-state index contributed by atoms with van der Waals surface area (Å²) in [6.07, 6.45) is 10.4. The molecule has 2 aromatic heterocycles. The molecule has 0 aromatic carbocycles. The molecule has 0 radical (unpaired) electrons. The van der Waals surface area contributed by atoms with Crippen molar-refractivity contribution in [2.24, 2.45) is 0 Å². The molecule has 0 bridgehead atoms. The number of pyridine rings is 1. The quantitative estimate of drug-likeness (QED) is 0.864. The Balaban J connectivity index is 1.74. The highest BCUT2D eigenvalue weighted by molar-refractivity contribution is 5.76. The van der Waals surface area contributed by atoms with Gasteiger partial charge in [-0.3, -0.25) is 19.7 Å². The molecule has 5 heteroatoms. The van der Waals surface area contributed by atoms with Crippen LogP contribution in [-0.4, -0.2) is 26.9 Å². The summed E-state index contributed by atoms with van der Waals surface area (Å²) < 4.78 is 0. The number of hydrogen-bond donors (Lipinski definition) is 1. The van der Waals surface area contributed by atoms with Crippen LogP contribution in [0, 0.1) is 0 Å². The maximum atomic E-state index is 11.8. The van der Waals surface area contributed by atoms with E-state index in [9.17, 15) is 4.79 Å². The lowest BCUT2D eigenvalue weighted by Crippen LogP contribution is -2.34. The van der Waals surface area contributed by atoms with E-state index >= 15 is 0 Å². The van der Waals surface area contributed by atoms with Gasteiger partial charge in [0.25, 0.3) is 0 Å². The smallest absolute Gasteiger partial charge is 0.220 e. The maximum absolute atomic E-state index is 11.8. The van der Waals surface area contributed by atoms with Crippen LogP contribution in [0.4, 0.5) is 0 Å². The van der Waals surface area contributed by atoms with E-state index in [4.69, 9.17) is 0 Å². The molecule has 0 unspecified atom stereocenters. The van der Waals surface area contributed by atoms with Crippen molar-refractivity contribution in [2.75, 3.05) is 0 Å². The van der Waals surface area contributed by atoms with E-state index in [1.54, 1.807) is 31.0 Å². The molecule has 1 atom stereocenters. The molecule has 0 fully saturated rings. The van der Waals surface area contributed by atoms with Crippen molar-refractivity contribution >= 4 is 5.91 Å². The third-order valence-electron chi connectivity index (χ3n) is 2.90. The number of amides is 1. The molecule has 0 aliphatic heterocycles. The second-order valence-corrected chi connectivity index (χ2v) is 4.73. The van der Waals surface area contributed by atoms with Gasteiger partial charge in [-0.15, -0.1) is 0 Å². The van der Waals surface area contributed by atoms with Crippen LogP contribution in [-0.2, 0) is 17.6 Å². The first-order chi connectivity index (χ1) is 9.74. The van der Waals surface area contributed by atoms with Gasteiger partial charge >= 0.3 is 0 Å². The van der Waals surface area contributed by atoms with Gasteiger partial charge in [0.15, 0.2) is 0 Å². The minimum Gasteiger partial charge on any atom is -0.353 e. The molecule has 0 aliphatic carbocycles. The zero-order chi connectivity index (χ0) is 14.2. The third-order valence-corrected chi connectivity index (χ3v) is 2.90. The van der Waals surface area contributed by atoms with Gasteiger partial charge in [-0.25, -0.2) is 0 Å². The maximum Gasteiger partial charge on any atom is 0.220 e. The summed E-state index contributed by atoms with van der Waals surface area (Å²) in [6.45, 7) is 1.97. The molecule has 104 valence electrons. The van der Waals surface area contributed by atoms with Gasteiger partial charge in [0.05, 0.1) is 5.69 Å². The number of carbonyl (C=O) groups is 1.